The van der Waals surface area contributed by atoms with Gasteiger partial charge in [0, 0.05) is 19.1 Å². The van der Waals surface area contributed by atoms with E-state index in [-0.39, 0.29) is 18.2 Å². The largest absolute Gasteiger partial charge is 0.395 e. The smallest absolute Gasteiger partial charge is 0.254 e. The molecule has 4 nitrogen and oxygen atoms in total. The highest BCUT2D eigenvalue weighted by atomic mass is 19.1. The van der Waals surface area contributed by atoms with E-state index in [0.717, 1.165) is 0 Å². The third-order valence-electron chi connectivity index (χ3n) is 2.88. The highest BCUT2D eigenvalue weighted by Gasteiger charge is 2.16. The molecule has 0 aliphatic rings. The molecule has 0 aliphatic carbocycles. The van der Waals surface area contributed by atoms with Crippen molar-refractivity contribution in [1.82, 2.24) is 5.32 Å². The number of hydrogen-bond acceptors (Lipinski definition) is 3. The first kappa shape index (κ1) is 17.2. The van der Waals surface area contributed by atoms with Crippen LogP contribution in [0.2, 0.25) is 0 Å². The summed E-state index contributed by atoms with van der Waals surface area (Å²) in [7, 11) is 1.55. The number of rotatable bonds is 6. The van der Waals surface area contributed by atoms with Crippen LogP contribution in [0.4, 0.5) is 4.39 Å². The first-order valence-corrected chi connectivity index (χ1v) is 6.81. The van der Waals surface area contributed by atoms with Gasteiger partial charge >= 0.3 is 0 Å². The van der Waals surface area contributed by atoms with Gasteiger partial charge in [0.1, 0.15) is 5.82 Å². The number of hydrogen-bond donors (Lipinski definition) is 2. The van der Waals surface area contributed by atoms with Crippen LogP contribution >= 0.6 is 0 Å². The number of halogens is 1. The highest BCUT2D eigenvalue weighted by Crippen LogP contribution is 2.11. The van der Waals surface area contributed by atoms with E-state index in [9.17, 15) is 9.18 Å². The molecule has 0 fully saturated rings. The van der Waals surface area contributed by atoms with Gasteiger partial charge in [0.15, 0.2) is 0 Å². The standard InChI is InChI=1S/C16H20FNO3/c1-3-13(11-21-2)18-16(20)14-10-12(6-4-5-9-19)7-8-15(14)17/h7-8,10,13,19H,3,5,9,11H2,1-2H3,(H,18,20). The maximum Gasteiger partial charge on any atom is 0.254 e. The van der Waals surface area contributed by atoms with E-state index >= 15 is 0 Å². The zero-order valence-electron chi connectivity index (χ0n) is 12.3. The van der Waals surface area contributed by atoms with Crippen molar-refractivity contribution in [3.8, 4) is 11.8 Å². The molecule has 5 heteroatoms. The van der Waals surface area contributed by atoms with Crippen LogP contribution < -0.4 is 5.32 Å². The minimum Gasteiger partial charge on any atom is -0.395 e. The second-order valence-electron chi connectivity index (χ2n) is 4.50. The first-order chi connectivity index (χ1) is 10.1. The summed E-state index contributed by atoms with van der Waals surface area (Å²) in [5.41, 5.74) is 0.496. The fraction of sp³-hybridized carbons (Fsp3) is 0.438. The molecule has 114 valence electrons. The molecular formula is C16H20FNO3. The number of carbonyl (C=O) groups excluding carboxylic acids is 1. The molecule has 1 aromatic rings. The predicted octanol–water partition coefficient (Wildman–Crippen LogP) is 1.71. The molecule has 0 aromatic heterocycles. The zero-order valence-corrected chi connectivity index (χ0v) is 12.3. The van der Waals surface area contributed by atoms with Crippen LogP contribution in [0.1, 0.15) is 35.7 Å². The molecule has 1 unspecified atom stereocenters. The summed E-state index contributed by atoms with van der Waals surface area (Å²) >= 11 is 0. The van der Waals surface area contributed by atoms with Gasteiger partial charge in [-0.15, -0.1) is 0 Å². The van der Waals surface area contributed by atoms with Gasteiger partial charge in [0.2, 0.25) is 0 Å². The number of ether oxygens (including phenoxy) is 1. The Labute approximate surface area is 124 Å². The maximum atomic E-state index is 13.8. The van der Waals surface area contributed by atoms with Crippen LogP contribution in [0.5, 0.6) is 0 Å². The van der Waals surface area contributed by atoms with Crippen molar-refractivity contribution >= 4 is 5.91 Å². The van der Waals surface area contributed by atoms with Crippen LogP contribution in [0.15, 0.2) is 18.2 Å². The van der Waals surface area contributed by atoms with E-state index in [0.29, 0.717) is 25.0 Å². The first-order valence-electron chi connectivity index (χ1n) is 6.81. The second-order valence-corrected chi connectivity index (χ2v) is 4.50. The summed E-state index contributed by atoms with van der Waals surface area (Å²) in [5, 5.41) is 11.4. The summed E-state index contributed by atoms with van der Waals surface area (Å²) in [6.07, 6.45) is 1.03. The molecule has 0 aliphatic heterocycles. The number of aliphatic hydroxyl groups excluding tert-OH is 1. The van der Waals surface area contributed by atoms with Crippen molar-refractivity contribution < 1.29 is 19.0 Å². The SMILES string of the molecule is CCC(COC)NC(=O)c1cc(C#CCCO)ccc1F. The van der Waals surface area contributed by atoms with E-state index in [2.05, 4.69) is 17.2 Å². The lowest BCUT2D eigenvalue weighted by atomic mass is 10.1. The number of amides is 1. The van der Waals surface area contributed by atoms with Gasteiger partial charge in [-0.25, -0.2) is 4.39 Å². The molecule has 1 atom stereocenters. The van der Waals surface area contributed by atoms with Gasteiger partial charge in [-0.05, 0) is 24.6 Å². The van der Waals surface area contributed by atoms with Gasteiger partial charge in [-0.2, -0.15) is 0 Å². The highest BCUT2D eigenvalue weighted by molar-refractivity contribution is 5.95. The Balaban J connectivity index is 2.88. The summed E-state index contributed by atoms with van der Waals surface area (Å²) in [6, 6.07) is 3.97. The Hall–Kier alpha value is -1.90. The average molecular weight is 293 g/mol. The molecule has 0 heterocycles. The van der Waals surface area contributed by atoms with Crippen LogP contribution in [-0.2, 0) is 4.74 Å². The van der Waals surface area contributed by atoms with Gasteiger partial charge < -0.3 is 15.2 Å². The fourth-order valence-corrected chi connectivity index (χ4v) is 1.72. The molecule has 0 radical (unpaired) electrons. The molecule has 2 N–H and O–H groups in total. The summed E-state index contributed by atoms with van der Waals surface area (Å²) in [6.45, 7) is 2.26. The Morgan fingerprint density at radius 2 is 2.29 bits per heavy atom. The molecule has 0 spiro atoms. The monoisotopic (exact) mass is 293 g/mol. The third kappa shape index (κ3) is 5.54. The molecule has 1 aromatic carbocycles. The van der Waals surface area contributed by atoms with E-state index in [4.69, 9.17) is 9.84 Å². The molecule has 0 saturated carbocycles. The Kier molecular flexibility index (Phi) is 7.44. The summed E-state index contributed by atoms with van der Waals surface area (Å²) in [5.74, 6) is 4.44. The Morgan fingerprint density at radius 1 is 1.52 bits per heavy atom. The van der Waals surface area contributed by atoms with E-state index < -0.39 is 11.7 Å². The van der Waals surface area contributed by atoms with Crippen molar-refractivity contribution in [2.75, 3.05) is 20.3 Å². The topological polar surface area (TPSA) is 58.6 Å². The Morgan fingerprint density at radius 3 is 2.90 bits per heavy atom. The minimum atomic E-state index is -0.590. The lowest BCUT2D eigenvalue weighted by Crippen LogP contribution is -2.37. The number of aliphatic hydroxyl groups is 1. The minimum absolute atomic E-state index is 0.0310. The predicted molar refractivity (Wildman–Crippen MR) is 78.4 cm³/mol. The second kappa shape index (κ2) is 9.11. The zero-order chi connectivity index (χ0) is 15.7. The van der Waals surface area contributed by atoms with Crippen LogP contribution in [0, 0.1) is 17.7 Å². The quantitative estimate of drug-likeness (QED) is 0.785. The Bertz CT molecular complexity index is 534. The van der Waals surface area contributed by atoms with Crippen molar-refractivity contribution in [1.29, 1.82) is 0 Å². The van der Waals surface area contributed by atoms with Crippen molar-refractivity contribution in [2.45, 2.75) is 25.8 Å². The van der Waals surface area contributed by atoms with Crippen LogP contribution in [-0.4, -0.2) is 37.4 Å². The van der Waals surface area contributed by atoms with Crippen LogP contribution in [0.25, 0.3) is 0 Å². The lowest BCUT2D eigenvalue weighted by molar-refractivity contribution is 0.0890. The molecule has 0 saturated heterocycles. The van der Waals surface area contributed by atoms with Crippen molar-refractivity contribution in [2.24, 2.45) is 0 Å². The average Bonchev–Trinajstić information content (AvgIpc) is 2.48. The van der Waals surface area contributed by atoms with Gasteiger partial charge in [-0.3, -0.25) is 4.79 Å². The third-order valence-corrected chi connectivity index (χ3v) is 2.88. The lowest BCUT2D eigenvalue weighted by Gasteiger charge is -2.16. The fourth-order valence-electron chi connectivity index (χ4n) is 1.72. The normalized spacial score (nSPS) is 11.4. The van der Waals surface area contributed by atoms with E-state index in [1.54, 1.807) is 7.11 Å². The summed E-state index contributed by atoms with van der Waals surface area (Å²) < 4.78 is 18.8. The number of carbonyl (C=O) groups is 1. The van der Waals surface area contributed by atoms with Crippen molar-refractivity contribution in [3.05, 3.63) is 35.1 Å². The molecule has 21 heavy (non-hydrogen) atoms. The number of benzene rings is 1. The van der Waals surface area contributed by atoms with Crippen molar-refractivity contribution in [3.63, 3.8) is 0 Å². The number of methoxy groups -OCH3 is 1. The molecule has 0 bridgehead atoms. The molecule has 1 rings (SSSR count). The van der Waals surface area contributed by atoms with Gasteiger partial charge in [0.05, 0.1) is 24.8 Å². The molecule has 1 amide bonds. The maximum absolute atomic E-state index is 13.8. The van der Waals surface area contributed by atoms with Gasteiger partial charge in [0.25, 0.3) is 5.91 Å². The summed E-state index contributed by atoms with van der Waals surface area (Å²) in [4.78, 5) is 12.1. The van der Waals surface area contributed by atoms with Crippen LogP contribution in [0.3, 0.4) is 0 Å². The van der Waals surface area contributed by atoms with E-state index in [1.807, 2.05) is 6.92 Å². The van der Waals surface area contributed by atoms with Gasteiger partial charge in [-0.1, -0.05) is 18.8 Å². The number of nitrogens with one attached hydrogen (secondary N) is 1. The molecular weight excluding hydrogens is 273 g/mol. The van der Waals surface area contributed by atoms with E-state index in [1.165, 1.54) is 18.2 Å².